The maximum Gasteiger partial charge on any atom is 0.269 e. The molecule has 2 rings (SSSR count). The third-order valence-corrected chi connectivity index (χ3v) is 5.50. The van der Waals surface area contributed by atoms with Crippen molar-refractivity contribution in [2.45, 2.75) is 11.8 Å². The Kier molecular flexibility index (Phi) is 5.00. The zero-order valence-corrected chi connectivity index (χ0v) is 14.3. The molecule has 0 unspecified atom stereocenters. The standard InChI is InChI=1S/C14H12BrFN2O4S/c1-2-17(14-8-3-10(15)9-13(14)16)23(21,22)12-6-4-11(5-7-12)18(19)20/h3-9H,2H2,1H3. The lowest BCUT2D eigenvalue weighted by Gasteiger charge is -2.23. The Bertz CT molecular complexity index is 840. The Balaban J connectivity index is 2.48. The number of anilines is 1. The summed E-state index contributed by atoms with van der Waals surface area (Å²) in [6.45, 7) is 1.59. The second-order valence-corrected chi connectivity index (χ2v) is 7.29. The highest BCUT2D eigenvalue weighted by atomic mass is 79.9. The molecule has 0 saturated carbocycles. The summed E-state index contributed by atoms with van der Waals surface area (Å²) in [6.07, 6.45) is 0. The number of nitro benzene ring substituents is 1. The first-order valence-electron chi connectivity index (χ1n) is 6.49. The van der Waals surface area contributed by atoms with E-state index in [-0.39, 0.29) is 22.8 Å². The quantitative estimate of drug-likeness (QED) is 0.563. The molecule has 0 spiro atoms. The van der Waals surface area contributed by atoms with Crippen LogP contribution in [0.2, 0.25) is 0 Å². The Morgan fingerprint density at radius 3 is 2.30 bits per heavy atom. The number of nitrogens with zero attached hydrogens (tertiary/aromatic N) is 2. The van der Waals surface area contributed by atoms with Gasteiger partial charge in [-0.05, 0) is 37.3 Å². The predicted octanol–water partition coefficient (Wildman–Crippen LogP) is 3.71. The largest absolute Gasteiger partial charge is 0.269 e. The van der Waals surface area contributed by atoms with Gasteiger partial charge in [0.15, 0.2) is 0 Å². The van der Waals surface area contributed by atoms with Crippen LogP contribution in [0, 0.1) is 15.9 Å². The van der Waals surface area contributed by atoms with Crippen molar-refractivity contribution in [3.05, 3.63) is 62.9 Å². The molecule has 0 N–H and O–H groups in total. The lowest BCUT2D eigenvalue weighted by molar-refractivity contribution is -0.384. The molecule has 2 aromatic carbocycles. The van der Waals surface area contributed by atoms with E-state index < -0.39 is 20.8 Å². The lowest BCUT2D eigenvalue weighted by Crippen LogP contribution is -2.31. The lowest BCUT2D eigenvalue weighted by atomic mass is 10.3. The number of benzene rings is 2. The van der Waals surface area contributed by atoms with Crippen molar-refractivity contribution in [1.29, 1.82) is 0 Å². The van der Waals surface area contributed by atoms with Crippen LogP contribution in [-0.2, 0) is 10.0 Å². The fourth-order valence-electron chi connectivity index (χ4n) is 2.02. The van der Waals surface area contributed by atoms with Gasteiger partial charge in [-0.15, -0.1) is 0 Å². The molecule has 2 aromatic rings. The molecule has 0 amide bonds. The Morgan fingerprint density at radius 2 is 1.83 bits per heavy atom. The van der Waals surface area contributed by atoms with Crippen LogP contribution in [0.25, 0.3) is 0 Å². The molecule has 0 bridgehead atoms. The Labute approximate surface area is 140 Å². The van der Waals surface area contributed by atoms with E-state index in [9.17, 15) is 22.9 Å². The average Bonchev–Trinajstić information content (AvgIpc) is 2.50. The minimum Gasteiger partial charge on any atom is -0.264 e. The molecule has 0 radical (unpaired) electrons. The second kappa shape index (κ2) is 6.63. The molecular weight excluding hydrogens is 391 g/mol. The van der Waals surface area contributed by atoms with Crippen LogP contribution in [0.15, 0.2) is 51.8 Å². The summed E-state index contributed by atoms with van der Waals surface area (Å²) in [6, 6.07) is 8.51. The van der Waals surface area contributed by atoms with Crippen molar-refractivity contribution in [2.24, 2.45) is 0 Å². The smallest absolute Gasteiger partial charge is 0.264 e. The van der Waals surface area contributed by atoms with Crippen molar-refractivity contribution in [3.8, 4) is 0 Å². The van der Waals surface area contributed by atoms with Gasteiger partial charge >= 0.3 is 0 Å². The number of hydrogen-bond acceptors (Lipinski definition) is 4. The van der Waals surface area contributed by atoms with Gasteiger partial charge in [-0.25, -0.2) is 12.8 Å². The number of rotatable bonds is 5. The number of sulfonamides is 1. The highest BCUT2D eigenvalue weighted by Gasteiger charge is 2.26. The van der Waals surface area contributed by atoms with Crippen LogP contribution < -0.4 is 4.31 Å². The number of hydrogen-bond donors (Lipinski definition) is 0. The van der Waals surface area contributed by atoms with E-state index in [1.165, 1.54) is 18.2 Å². The number of non-ortho nitro benzene ring substituents is 1. The van der Waals surface area contributed by atoms with E-state index in [1.807, 2.05) is 0 Å². The summed E-state index contributed by atoms with van der Waals surface area (Å²) in [5.41, 5.74) is -0.309. The van der Waals surface area contributed by atoms with Gasteiger partial charge in [-0.1, -0.05) is 15.9 Å². The van der Waals surface area contributed by atoms with Crippen LogP contribution in [0.1, 0.15) is 6.92 Å². The molecule has 0 atom stereocenters. The summed E-state index contributed by atoms with van der Waals surface area (Å²) < 4.78 is 40.8. The molecule has 0 aliphatic rings. The first-order valence-corrected chi connectivity index (χ1v) is 8.73. The second-order valence-electron chi connectivity index (χ2n) is 4.52. The zero-order chi connectivity index (χ0) is 17.2. The molecule has 0 aliphatic heterocycles. The fourth-order valence-corrected chi connectivity index (χ4v) is 3.83. The van der Waals surface area contributed by atoms with Gasteiger partial charge in [0.05, 0.1) is 15.5 Å². The van der Waals surface area contributed by atoms with Gasteiger partial charge in [0.25, 0.3) is 15.7 Å². The molecule has 6 nitrogen and oxygen atoms in total. The number of halogens is 2. The van der Waals surface area contributed by atoms with Crippen LogP contribution in [0.5, 0.6) is 0 Å². The SMILES string of the molecule is CCN(c1ccc(Br)cc1F)S(=O)(=O)c1ccc([N+](=O)[O-])cc1. The van der Waals surface area contributed by atoms with Gasteiger partial charge in [0, 0.05) is 23.2 Å². The van der Waals surface area contributed by atoms with Gasteiger partial charge < -0.3 is 0 Å². The van der Waals surface area contributed by atoms with Crippen LogP contribution in [0.4, 0.5) is 15.8 Å². The van der Waals surface area contributed by atoms with E-state index in [0.29, 0.717) is 4.47 Å². The molecule has 122 valence electrons. The van der Waals surface area contributed by atoms with Gasteiger partial charge in [0.2, 0.25) is 0 Å². The maximum absolute atomic E-state index is 14.1. The zero-order valence-electron chi connectivity index (χ0n) is 11.9. The van der Waals surface area contributed by atoms with E-state index in [2.05, 4.69) is 15.9 Å². The summed E-state index contributed by atoms with van der Waals surface area (Å²) in [5.74, 6) is -0.688. The maximum atomic E-state index is 14.1. The fraction of sp³-hybridized carbons (Fsp3) is 0.143. The van der Waals surface area contributed by atoms with Gasteiger partial charge in [0.1, 0.15) is 5.82 Å². The minimum absolute atomic E-state index is 0.0118. The van der Waals surface area contributed by atoms with E-state index in [4.69, 9.17) is 0 Å². The van der Waals surface area contributed by atoms with Crippen molar-refractivity contribution >= 4 is 37.3 Å². The molecular formula is C14H12BrFN2O4S. The molecule has 0 saturated heterocycles. The van der Waals surface area contributed by atoms with Crippen LogP contribution in [-0.4, -0.2) is 19.9 Å². The Morgan fingerprint density at radius 1 is 1.22 bits per heavy atom. The topological polar surface area (TPSA) is 80.5 Å². The molecule has 23 heavy (non-hydrogen) atoms. The van der Waals surface area contributed by atoms with Crippen molar-refractivity contribution in [2.75, 3.05) is 10.8 Å². The van der Waals surface area contributed by atoms with Crippen LogP contribution in [0.3, 0.4) is 0 Å². The highest BCUT2D eigenvalue weighted by Crippen LogP contribution is 2.28. The summed E-state index contributed by atoms with van der Waals surface area (Å²) in [5, 5.41) is 10.6. The third-order valence-electron chi connectivity index (χ3n) is 3.10. The number of nitro groups is 1. The Hall–Kier alpha value is -2.00. The average molecular weight is 403 g/mol. The van der Waals surface area contributed by atoms with Crippen molar-refractivity contribution in [1.82, 2.24) is 0 Å². The molecule has 0 aliphatic carbocycles. The third kappa shape index (κ3) is 3.50. The normalized spacial score (nSPS) is 11.3. The first kappa shape index (κ1) is 17.4. The summed E-state index contributed by atoms with van der Waals surface area (Å²) >= 11 is 3.11. The first-order chi connectivity index (χ1) is 10.8. The van der Waals surface area contributed by atoms with Gasteiger partial charge in [-0.3, -0.25) is 14.4 Å². The summed E-state index contributed by atoms with van der Waals surface area (Å²) in [4.78, 5) is 9.87. The summed E-state index contributed by atoms with van der Waals surface area (Å²) in [7, 11) is -4.03. The monoisotopic (exact) mass is 402 g/mol. The van der Waals surface area contributed by atoms with E-state index in [1.54, 1.807) is 6.92 Å². The van der Waals surface area contributed by atoms with Crippen LogP contribution >= 0.6 is 15.9 Å². The van der Waals surface area contributed by atoms with Crippen molar-refractivity contribution in [3.63, 3.8) is 0 Å². The molecule has 9 heteroatoms. The predicted molar refractivity (Wildman–Crippen MR) is 87.4 cm³/mol. The minimum atomic E-state index is -4.03. The van der Waals surface area contributed by atoms with E-state index >= 15 is 0 Å². The molecule has 0 fully saturated rings. The molecule has 0 aromatic heterocycles. The van der Waals surface area contributed by atoms with E-state index in [0.717, 1.165) is 28.6 Å². The highest BCUT2D eigenvalue weighted by molar-refractivity contribution is 9.10. The van der Waals surface area contributed by atoms with Gasteiger partial charge in [-0.2, -0.15) is 0 Å². The molecule has 0 heterocycles. The van der Waals surface area contributed by atoms with Crippen molar-refractivity contribution < 1.29 is 17.7 Å².